The molecular formula is C21H19N3O5. The minimum Gasteiger partial charge on any atom is -0.508 e. The van der Waals surface area contributed by atoms with Crippen LogP contribution in [0.1, 0.15) is 35.6 Å². The van der Waals surface area contributed by atoms with Crippen LogP contribution in [0.3, 0.4) is 0 Å². The molecule has 5 rings (SSSR count). The van der Waals surface area contributed by atoms with Gasteiger partial charge in [0, 0.05) is 23.1 Å². The number of rotatable bonds is 2. The van der Waals surface area contributed by atoms with Crippen LogP contribution in [-0.2, 0) is 34.8 Å². The number of nitrogens with zero attached hydrogens (tertiary/aromatic N) is 2. The molecule has 2 aromatic heterocycles. The standard InChI is InChI=1S/C21H19N3O5/c1-2-21(28)15-6-17-18-13(8-24(17)19(26)14(15)9-29-20(21)27)12(7-22)11-5-10(25)3-4-16(11)23-18/h3-6,25,28H,2,7-9,22H2,1H3/t21-/m0/s1. The SMILES string of the molecule is CC[C@@]1(O)C(=O)OCc2c1cc1n(c2=O)Cc2c-1nc1ccc(O)cc1c2CN. The lowest BCUT2D eigenvalue weighted by atomic mass is 9.86. The quantitative estimate of drug-likeness (QED) is 0.437. The van der Waals surface area contributed by atoms with Gasteiger partial charge in [0.05, 0.1) is 29.0 Å². The number of fused-ring (bicyclic) bond motifs is 5. The third-order valence-electron chi connectivity index (χ3n) is 5.99. The Morgan fingerprint density at radius 2 is 2.07 bits per heavy atom. The molecule has 2 aliphatic heterocycles. The van der Waals surface area contributed by atoms with Crippen LogP contribution in [0.5, 0.6) is 5.75 Å². The van der Waals surface area contributed by atoms with Crippen LogP contribution in [-0.4, -0.2) is 25.7 Å². The van der Waals surface area contributed by atoms with Crippen LogP contribution in [0.25, 0.3) is 22.3 Å². The summed E-state index contributed by atoms with van der Waals surface area (Å²) in [6.07, 6.45) is 0.0903. The summed E-state index contributed by atoms with van der Waals surface area (Å²) in [7, 11) is 0. The lowest BCUT2D eigenvalue weighted by Gasteiger charge is -2.31. The minimum atomic E-state index is -1.86. The Morgan fingerprint density at radius 3 is 2.79 bits per heavy atom. The molecule has 0 spiro atoms. The molecule has 0 amide bonds. The van der Waals surface area contributed by atoms with E-state index < -0.39 is 11.6 Å². The molecule has 0 aliphatic carbocycles. The fraction of sp³-hybridized carbons (Fsp3) is 0.286. The number of hydrogen-bond acceptors (Lipinski definition) is 7. The summed E-state index contributed by atoms with van der Waals surface area (Å²) in [6, 6.07) is 6.53. The number of pyridine rings is 2. The van der Waals surface area contributed by atoms with Gasteiger partial charge in [0.1, 0.15) is 12.4 Å². The molecule has 29 heavy (non-hydrogen) atoms. The average molecular weight is 393 g/mol. The van der Waals surface area contributed by atoms with Gasteiger partial charge in [-0.05, 0) is 36.2 Å². The first-order valence-corrected chi connectivity index (χ1v) is 9.40. The molecule has 3 aromatic rings. The Balaban J connectivity index is 1.84. The van der Waals surface area contributed by atoms with Crippen molar-refractivity contribution >= 4 is 16.9 Å². The highest BCUT2D eigenvalue weighted by Crippen LogP contribution is 2.40. The van der Waals surface area contributed by atoms with Gasteiger partial charge in [-0.25, -0.2) is 9.78 Å². The lowest BCUT2D eigenvalue weighted by molar-refractivity contribution is -0.172. The molecule has 0 fully saturated rings. The van der Waals surface area contributed by atoms with Crippen LogP contribution in [0.4, 0.5) is 0 Å². The first kappa shape index (κ1) is 17.8. The number of benzene rings is 1. The van der Waals surface area contributed by atoms with Crippen LogP contribution in [0, 0.1) is 0 Å². The molecule has 2 aliphatic rings. The molecule has 1 aromatic carbocycles. The summed E-state index contributed by atoms with van der Waals surface area (Å²) in [4.78, 5) is 30.1. The molecule has 0 bridgehead atoms. The number of ether oxygens (including phenoxy) is 1. The summed E-state index contributed by atoms with van der Waals surface area (Å²) in [5.74, 6) is -0.638. The predicted molar refractivity (Wildman–Crippen MR) is 104 cm³/mol. The first-order valence-electron chi connectivity index (χ1n) is 9.40. The van der Waals surface area contributed by atoms with E-state index in [2.05, 4.69) is 0 Å². The number of hydrogen-bond donors (Lipinski definition) is 3. The molecule has 148 valence electrons. The van der Waals surface area contributed by atoms with Crippen molar-refractivity contribution in [2.45, 2.75) is 38.6 Å². The number of phenolic OH excluding ortho intramolecular Hbond substituents is 1. The molecule has 0 radical (unpaired) electrons. The molecule has 4 N–H and O–H groups in total. The van der Waals surface area contributed by atoms with Gasteiger partial charge in [-0.15, -0.1) is 0 Å². The highest BCUT2D eigenvalue weighted by molar-refractivity contribution is 5.89. The maximum atomic E-state index is 13.2. The van der Waals surface area contributed by atoms with Crippen LogP contribution in [0.15, 0.2) is 29.1 Å². The van der Waals surface area contributed by atoms with Crippen molar-refractivity contribution in [3.8, 4) is 17.1 Å². The van der Waals surface area contributed by atoms with Gasteiger partial charge in [0.25, 0.3) is 5.56 Å². The largest absolute Gasteiger partial charge is 0.508 e. The van der Waals surface area contributed by atoms with Gasteiger partial charge >= 0.3 is 5.97 Å². The van der Waals surface area contributed by atoms with E-state index in [4.69, 9.17) is 15.5 Å². The van der Waals surface area contributed by atoms with E-state index in [0.29, 0.717) is 16.9 Å². The minimum absolute atomic E-state index is 0.0903. The van der Waals surface area contributed by atoms with E-state index in [1.54, 1.807) is 35.8 Å². The van der Waals surface area contributed by atoms with Crippen LogP contribution in [0.2, 0.25) is 0 Å². The molecule has 8 heteroatoms. The van der Waals surface area contributed by atoms with Gasteiger partial charge in [0.15, 0.2) is 5.60 Å². The number of esters is 1. The van der Waals surface area contributed by atoms with E-state index >= 15 is 0 Å². The van der Waals surface area contributed by atoms with Gasteiger partial charge in [-0.2, -0.15) is 0 Å². The topological polar surface area (TPSA) is 128 Å². The summed E-state index contributed by atoms with van der Waals surface area (Å²) >= 11 is 0. The zero-order chi connectivity index (χ0) is 20.5. The summed E-state index contributed by atoms with van der Waals surface area (Å²) in [6.45, 7) is 1.99. The lowest BCUT2D eigenvalue weighted by Crippen LogP contribution is -2.44. The molecular weight excluding hydrogens is 374 g/mol. The number of aliphatic hydroxyl groups is 1. The highest BCUT2D eigenvalue weighted by Gasteiger charge is 2.45. The van der Waals surface area contributed by atoms with Crippen molar-refractivity contribution in [3.05, 3.63) is 56.9 Å². The van der Waals surface area contributed by atoms with Crippen molar-refractivity contribution in [2.75, 3.05) is 0 Å². The van der Waals surface area contributed by atoms with Crippen molar-refractivity contribution < 1.29 is 19.7 Å². The number of carbonyl (C=O) groups is 1. The van der Waals surface area contributed by atoms with Crippen molar-refractivity contribution in [2.24, 2.45) is 5.73 Å². The van der Waals surface area contributed by atoms with Crippen LogP contribution < -0.4 is 11.3 Å². The number of cyclic esters (lactones) is 1. The van der Waals surface area contributed by atoms with E-state index in [1.165, 1.54) is 0 Å². The Bertz CT molecular complexity index is 1280. The second-order valence-electron chi connectivity index (χ2n) is 7.43. The van der Waals surface area contributed by atoms with Gasteiger partial charge < -0.3 is 25.3 Å². The predicted octanol–water partition coefficient (Wildman–Crippen LogP) is 1.24. The summed E-state index contributed by atoms with van der Waals surface area (Å²) < 4.78 is 6.66. The maximum absolute atomic E-state index is 13.2. The zero-order valence-electron chi connectivity index (χ0n) is 15.7. The van der Waals surface area contributed by atoms with E-state index in [0.717, 1.165) is 16.5 Å². The normalized spacial score (nSPS) is 19.6. The molecule has 4 heterocycles. The monoisotopic (exact) mass is 393 g/mol. The molecule has 0 saturated carbocycles. The second-order valence-corrected chi connectivity index (χ2v) is 7.43. The highest BCUT2D eigenvalue weighted by atomic mass is 16.6. The number of aromatic nitrogens is 2. The maximum Gasteiger partial charge on any atom is 0.343 e. The fourth-order valence-electron chi connectivity index (χ4n) is 4.38. The van der Waals surface area contributed by atoms with Crippen molar-refractivity contribution in [1.29, 1.82) is 0 Å². The Morgan fingerprint density at radius 1 is 1.28 bits per heavy atom. The molecule has 0 saturated heterocycles. The molecule has 8 nitrogen and oxygen atoms in total. The third kappa shape index (κ3) is 2.24. The van der Waals surface area contributed by atoms with E-state index in [9.17, 15) is 19.8 Å². The summed E-state index contributed by atoms with van der Waals surface area (Å²) in [5, 5.41) is 21.5. The van der Waals surface area contributed by atoms with Crippen LogP contribution >= 0.6 is 0 Å². The van der Waals surface area contributed by atoms with Gasteiger partial charge in [-0.3, -0.25) is 4.79 Å². The number of carbonyl (C=O) groups excluding carboxylic acids is 1. The number of phenols is 1. The fourth-order valence-corrected chi connectivity index (χ4v) is 4.38. The average Bonchev–Trinajstić information content (AvgIpc) is 3.08. The van der Waals surface area contributed by atoms with Gasteiger partial charge in [-0.1, -0.05) is 6.92 Å². The molecule has 1 atom stereocenters. The first-order chi connectivity index (χ1) is 13.9. The summed E-state index contributed by atoms with van der Waals surface area (Å²) in [5.41, 5.74) is 7.79. The van der Waals surface area contributed by atoms with Crippen molar-refractivity contribution in [3.63, 3.8) is 0 Å². The molecule has 0 unspecified atom stereocenters. The third-order valence-corrected chi connectivity index (χ3v) is 5.99. The Kier molecular flexibility index (Phi) is 3.62. The smallest absolute Gasteiger partial charge is 0.343 e. The van der Waals surface area contributed by atoms with E-state index in [1.807, 2.05) is 0 Å². The van der Waals surface area contributed by atoms with Crippen molar-refractivity contribution in [1.82, 2.24) is 9.55 Å². The van der Waals surface area contributed by atoms with E-state index in [-0.39, 0.29) is 48.6 Å². The Hall–Kier alpha value is -3.23. The second kappa shape index (κ2) is 5.88. The Labute approximate surface area is 165 Å². The number of nitrogens with two attached hydrogens (primary N) is 1. The number of aromatic hydroxyl groups is 1. The zero-order valence-corrected chi connectivity index (χ0v) is 15.7. The van der Waals surface area contributed by atoms with Gasteiger partial charge in [0.2, 0.25) is 0 Å².